The number of rotatable bonds is 4. The summed E-state index contributed by atoms with van der Waals surface area (Å²) in [7, 11) is -2.48. The maximum Gasteiger partial charge on any atom is 2.00 e. The summed E-state index contributed by atoms with van der Waals surface area (Å²) in [5.41, 5.74) is -2.14. The third kappa shape index (κ3) is 4.75. The van der Waals surface area contributed by atoms with Crippen molar-refractivity contribution in [1.29, 1.82) is 0 Å². The first-order valence-corrected chi connectivity index (χ1v) is 13.1. The summed E-state index contributed by atoms with van der Waals surface area (Å²) < 4.78 is 79.7. The molecule has 16 heteroatoms. The van der Waals surface area contributed by atoms with Crippen molar-refractivity contribution in [3.63, 3.8) is 0 Å². The van der Waals surface area contributed by atoms with E-state index in [0.29, 0.717) is 9.26 Å². The van der Waals surface area contributed by atoms with E-state index in [4.69, 9.17) is 0 Å². The SMILES string of the molecule is C[Si](C)(c1nc(-n2[c-]cc(C(F)(F)F)n2)cs1)c1nc(-n2[c-]cc(C(F)(F)F)n2)cs1.[Pt+2]. The van der Waals surface area contributed by atoms with Gasteiger partial charge in [-0.1, -0.05) is 25.5 Å². The predicted octanol–water partition coefficient (Wildman–Crippen LogP) is 3.43. The second kappa shape index (κ2) is 8.50. The van der Waals surface area contributed by atoms with Gasteiger partial charge in [0.2, 0.25) is 0 Å². The molecule has 0 unspecified atom stereocenters. The van der Waals surface area contributed by atoms with Crippen LogP contribution in [0.4, 0.5) is 26.3 Å². The molecule has 4 aromatic rings. The molecule has 0 bridgehead atoms. The second-order valence-electron chi connectivity index (χ2n) is 6.78. The summed E-state index contributed by atoms with van der Waals surface area (Å²) >= 11 is 2.50. The largest absolute Gasteiger partial charge is 2.00 e. The molecule has 0 aliphatic rings. The molecule has 0 saturated heterocycles. The fourth-order valence-corrected chi connectivity index (χ4v) is 7.97. The van der Waals surface area contributed by atoms with Crippen LogP contribution < -0.4 is 9.26 Å². The topological polar surface area (TPSA) is 61.4 Å². The molecule has 0 N–H and O–H groups in total. The Bertz CT molecular complexity index is 1130. The van der Waals surface area contributed by atoms with Crippen LogP contribution >= 0.6 is 22.7 Å². The normalized spacial score (nSPS) is 12.8. The Morgan fingerprint density at radius 1 is 0.781 bits per heavy atom. The van der Waals surface area contributed by atoms with Gasteiger partial charge in [-0.2, -0.15) is 26.3 Å². The van der Waals surface area contributed by atoms with E-state index in [1.54, 1.807) is 10.8 Å². The van der Waals surface area contributed by atoms with Crippen LogP contribution in [-0.4, -0.2) is 37.6 Å². The van der Waals surface area contributed by atoms with Gasteiger partial charge in [-0.3, -0.25) is 20.2 Å². The minimum atomic E-state index is -4.58. The van der Waals surface area contributed by atoms with Gasteiger partial charge in [-0.05, 0) is 10.8 Å². The third-order valence-corrected chi connectivity index (χ3v) is 11.5. The summed E-state index contributed by atoms with van der Waals surface area (Å²) in [5, 5.41) is 10.1. The Morgan fingerprint density at radius 3 is 1.47 bits per heavy atom. The van der Waals surface area contributed by atoms with Gasteiger partial charge in [0, 0.05) is 0 Å². The molecule has 0 aliphatic carbocycles. The standard InChI is InChI=1S/C16H10F6N6S2Si.Pt/c1-31(2,13-23-11(7-29-13)27-5-3-9(25-27)15(17,18)19)14-24-12(8-30-14)28-6-4-10(26-28)16(20,21)22;/h3-4,7-8H,1-2H3;/q-2;+2. The van der Waals surface area contributed by atoms with Crippen molar-refractivity contribution in [1.82, 2.24) is 29.5 Å². The van der Waals surface area contributed by atoms with E-state index < -0.39 is 31.8 Å². The molecule has 0 aliphatic heterocycles. The van der Waals surface area contributed by atoms with Gasteiger partial charge < -0.3 is 9.36 Å². The second-order valence-corrected chi connectivity index (χ2v) is 13.4. The number of hydrogen-bond donors (Lipinski definition) is 0. The van der Waals surface area contributed by atoms with Gasteiger partial charge in [0.15, 0.2) is 8.07 Å². The molecule has 0 atom stereocenters. The van der Waals surface area contributed by atoms with E-state index in [2.05, 4.69) is 32.6 Å². The van der Waals surface area contributed by atoms with E-state index in [9.17, 15) is 26.3 Å². The fraction of sp³-hybridized carbons (Fsp3) is 0.250. The van der Waals surface area contributed by atoms with E-state index in [1.165, 1.54) is 22.7 Å². The zero-order valence-corrected chi connectivity index (χ0v) is 20.8. The summed E-state index contributed by atoms with van der Waals surface area (Å²) in [6.45, 7) is 3.86. The molecule has 0 fully saturated rings. The van der Waals surface area contributed by atoms with Crippen LogP contribution in [0.3, 0.4) is 0 Å². The van der Waals surface area contributed by atoms with Gasteiger partial charge in [0.25, 0.3) is 0 Å². The molecule has 0 saturated carbocycles. The average molecular weight is 688 g/mol. The zero-order chi connectivity index (χ0) is 22.6. The third-order valence-electron chi connectivity index (χ3n) is 4.13. The first-order chi connectivity index (χ1) is 14.4. The minimum absolute atomic E-state index is 0. The van der Waals surface area contributed by atoms with E-state index in [1.807, 2.05) is 13.1 Å². The molecule has 0 radical (unpaired) electrons. The summed E-state index contributed by atoms with van der Waals surface area (Å²) in [6, 6.07) is 1.48. The van der Waals surface area contributed by atoms with Crippen LogP contribution in [0.25, 0.3) is 11.6 Å². The van der Waals surface area contributed by atoms with Gasteiger partial charge >= 0.3 is 33.4 Å². The van der Waals surface area contributed by atoms with E-state index >= 15 is 0 Å². The van der Waals surface area contributed by atoms with Gasteiger partial charge in [-0.25, -0.2) is 0 Å². The molecule has 0 amide bonds. The molecule has 4 aromatic heterocycles. The van der Waals surface area contributed by atoms with Crippen molar-refractivity contribution in [2.75, 3.05) is 0 Å². The number of nitrogens with zero attached hydrogens (tertiary/aromatic N) is 6. The van der Waals surface area contributed by atoms with Crippen molar-refractivity contribution >= 4 is 40.0 Å². The smallest absolute Gasteiger partial charge is 0.342 e. The van der Waals surface area contributed by atoms with Gasteiger partial charge in [0.1, 0.15) is 0 Å². The molecule has 6 nitrogen and oxygen atoms in total. The number of hydrogen-bond acceptors (Lipinski definition) is 6. The monoisotopic (exact) mass is 687 g/mol. The van der Waals surface area contributed by atoms with Gasteiger partial charge in [0.05, 0.1) is 32.3 Å². The van der Waals surface area contributed by atoms with Gasteiger partial charge in [-0.15, -0.1) is 34.8 Å². The molecule has 0 aromatic carbocycles. The number of alkyl halides is 6. The van der Waals surface area contributed by atoms with Crippen molar-refractivity contribution in [3.8, 4) is 11.6 Å². The molecular weight excluding hydrogens is 678 g/mol. The fourth-order valence-electron chi connectivity index (χ4n) is 2.48. The zero-order valence-electron chi connectivity index (χ0n) is 15.9. The Labute approximate surface area is 200 Å². The summed E-state index contributed by atoms with van der Waals surface area (Å²) in [6.07, 6.45) is -4.37. The average Bonchev–Trinajstić information content (AvgIpc) is 3.47. The molecule has 32 heavy (non-hydrogen) atoms. The molecule has 4 heterocycles. The molecule has 4 rings (SSSR count). The Balaban J connectivity index is 0.00000289. The maximum atomic E-state index is 12.8. The number of thiazole rings is 2. The molecule has 0 spiro atoms. The predicted molar refractivity (Wildman–Crippen MR) is 103 cm³/mol. The maximum absolute atomic E-state index is 12.8. The first-order valence-electron chi connectivity index (χ1n) is 8.38. The van der Waals surface area contributed by atoms with E-state index in [0.717, 1.165) is 21.5 Å². The van der Waals surface area contributed by atoms with Crippen LogP contribution in [0.5, 0.6) is 0 Å². The van der Waals surface area contributed by atoms with Crippen molar-refractivity contribution in [3.05, 3.63) is 46.7 Å². The van der Waals surface area contributed by atoms with E-state index in [-0.39, 0.29) is 32.7 Å². The van der Waals surface area contributed by atoms with Crippen LogP contribution in [0, 0.1) is 12.4 Å². The number of halogens is 6. The van der Waals surface area contributed by atoms with Crippen LogP contribution in [0.1, 0.15) is 11.4 Å². The van der Waals surface area contributed by atoms with Crippen LogP contribution in [0.2, 0.25) is 13.1 Å². The quantitative estimate of drug-likeness (QED) is 0.188. The minimum Gasteiger partial charge on any atom is -0.342 e. The summed E-state index contributed by atoms with van der Waals surface area (Å²) in [4.78, 5) is 8.82. The Morgan fingerprint density at radius 2 is 1.16 bits per heavy atom. The number of aromatic nitrogens is 6. The Kier molecular flexibility index (Phi) is 6.59. The first kappa shape index (κ1) is 24.8. The van der Waals surface area contributed by atoms with Crippen LogP contribution in [0.15, 0.2) is 22.9 Å². The molecular formula is C16H10F6N6PtS2Si. The van der Waals surface area contributed by atoms with Crippen LogP contribution in [-0.2, 0) is 33.4 Å². The Hall–Kier alpha value is -1.83. The molecule has 172 valence electrons. The van der Waals surface area contributed by atoms with Crippen molar-refractivity contribution < 1.29 is 47.4 Å². The van der Waals surface area contributed by atoms with Crippen molar-refractivity contribution in [2.45, 2.75) is 25.4 Å². The van der Waals surface area contributed by atoms with Crippen molar-refractivity contribution in [2.24, 2.45) is 0 Å². The summed E-state index contributed by atoms with van der Waals surface area (Å²) in [5.74, 6) is 0.395.